The summed E-state index contributed by atoms with van der Waals surface area (Å²) in [4.78, 5) is 11.2. The molecular formula is C24H46O2. The lowest BCUT2D eigenvalue weighted by Gasteiger charge is -2.11. The number of rotatable bonds is 19. The summed E-state index contributed by atoms with van der Waals surface area (Å²) in [6.07, 6.45) is 21.7. The lowest BCUT2D eigenvalue weighted by atomic mass is 9.96. The van der Waals surface area contributed by atoms with Crippen LogP contribution in [-0.4, -0.2) is 12.6 Å². The first-order valence-electron chi connectivity index (χ1n) is 11.4. The van der Waals surface area contributed by atoms with Crippen LogP contribution in [0.1, 0.15) is 124 Å². The zero-order chi connectivity index (χ0) is 19.5. The molecule has 0 amide bonds. The molecule has 154 valence electrons. The Morgan fingerprint density at radius 2 is 1.19 bits per heavy atom. The molecule has 0 aliphatic rings. The minimum absolute atomic E-state index is 0.255. The van der Waals surface area contributed by atoms with Crippen LogP contribution in [0, 0.1) is 5.92 Å². The Bertz CT molecular complexity index is 335. The molecule has 1 unspecified atom stereocenters. The van der Waals surface area contributed by atoms with Gasteiger partial charge in [0.05, 0.1) is 6.61 Å². The molecule has 26 heavy (non-hydrogen) atoms. The molecule has 0 radical (unpaired) electrons. The number of carbonyl (C=O) groups excluding carboxylic acids is 1. The van der Waals surface area contributed by atoms with E-state index < -0.39 is 0 Å². The summed E-state index contributed by atoms with van der Waals surface area (Å²) in [5.74, 6) is 0.585. The first-order chi connectivity index (χ1) is 12.6. The molecule has 0 bridgehead atoms. The highest BCUT2D eigenvalue weighted by Crippen LogP contribution is 2.18. The molecule has 0 aliphatic carbocycles. The number of hydrogen-bond donors (Lipinski definition) is 0. The molecule has 0 saturated heterocycles. The van der Waals surface area contributed by atoms with Crippen molar-refractivity contribution < 1.29 is 9.53 Å². The number of carbonyl (C=O) groups is 1. The summed E-state index contributed by atoms with van der Waals surface area (Å²) < 4.78 is 5.12. The molecule has 0 aromatic heterocycles. The van der Waals surface area contributed by atoms with Crippen molar-refractivity contribution in [3.8, 4) is 0 Å². The third-order valence-corrected chi connectivity index (χ3v) is 5.22. The SMILES string of the molecule is C=C(C)C(=O)OCCCCCC(C)CCCCCCCCCCCCC. The fraction of sp³-hybridized carbons (Fsp3) is 0.875. The molecule has 0 aliphatic heterocycles. The van der Waals surface area contributed by atoms with Crippen LogP contribution in [0.15, 0.2) is 12.2 Å². The molecule has 2 heteroatoms. The predicted molar refractivity (Wildman–Crippen MR) is 114 cm³/mol. The summed E-state index contributed by atoms with van der Waals surface area (Å²) in [5, 5.41) is 0. The Balaban J connectivity index is 3.23. The van der Waals surface area contributed by atoms with E-state index in [4.69, 9.17) is 4.74 Å². The van der Waals surface area contributed by atoms with E-state index in [-0.39, 0.29) is 5.97 Å². The average molecular weight is 367 g/mol. The van der Waals surface area contributed by atoms with Crippen LogP contribution in [0.5, 0.6) is 0 Å². The molecule has 2 nitrogen and oxygen atoms in total. The van der Waals surface area contributed by atoms with Crippen LogP contribution >= 0.6 is 0 Å². The van der Waals surface area contributed by atoms with Gasteiger partial charge in [-0.25, -0.2) is 4.79 Å². The summed E-state index contributed by atoms with van der Waals surface area (Å²) >= 11 is 0. The van der Waals surface area contributed by atoms with Gasteiger partial charge in [-0.2, -0.15) is 0 Å². The van der Waals surface area contributed by atoms with E-state index in [2.05, 4.69) is 20.4 Å². The van der Waals surface area contributed by atoms with Gasteiger partial charge in [-0.3, -0.25) is 0 Å². The minimum atomic E-state index is -0.255. The van der Waals surface area contributed by atoms with Gasteiger partial charge in [0.15, 0.2) is 0 Å². The third-order valence-electron chi connectivity index (χ3n) is 5.22. The van der Waals surface area contributed by atoms with Gasteiger partial charge in [-0.15, -0.1) is 0 Å². The molecule has 0 heterocycles. The second-order valence-electron chi connectivity index (χ2n) is 8.19. The maximum atomic E-state index is 11.2. The maximum absolute atomic E-state index is 11.2. The van der Waals surface area contributed by atoms with Gasteiger partial charge in [0.25, 0.3) is 0 Å². The van der Waals surface area contributed by atoms with Crippen LogP contribution in [0.3, 0.4) is 0 Å². The first kappa shape index (κ1) is 25.2. The highest BCUT2D eigenvalue weighted by molar-refractivity contribution is 5.86. The molecule has 0 N–H and O–H groups in total. The van der Waals surface area contributed by atoms with Crippen LogP contribution in [0.4, 0.5) is 0 Å². The normalized spacial score (nSPS) is 12.1. The first-order valence-corrected chi connectivity index (χ1v) is 11.4. The maximum Gasteiger partial charge on any atom is 0.333 e. The Hall–Kier alpha value is -0.790. The van der Waals surface area contributed by atoms with Crippen molar-refractivity contribution in [2.75, 3.05) is 6.61 Å². The fourth-order valence-corrected chi connectivity index (χ4v) is 3.36. The van der Waals surface area contributed by atoms with Crippen molar-refractivity contribution in [3.05, 3.63) is 12.2 Å². The van der Waals surface area contributed by atoms with Crippen molar-refractivity contribution in [1.82, 2.24) is 0 Å². The minimum Gasteiger partial charge on any atom is -0.462 e. The van der Waals surface area contributed by atoms with Gasteiger partial charge < -0.3 is 4.74 Å². The largest absolute Gasteiger partial charge is 0.462 e. The lowest BCUT2D eigenvalue weighted by Crippen LogP contribution is -2.06. The van der Waals surface area contributed by atoms with E-state index in [1.165, 1.54) is 89.9 Å². The van der Waals surface area contributed by atoms with E-state index in [9.17, 15) is 4.79 Å². The molecule has 0 spiro atoms. The van der Waals surface area contributed by atoms with Crippen molar-refractivity contribution in [2.24, 2.45) is 5.92 Å². The van der Waals surface area contributed by atoms with Crippen molar-refractivity contribution >= 4 is 5.97 Å². The summed E-state index contributed by atoms with van der Waals surface area (Å²) in [7, 11) is 0. The second kappa shape index (κ2) is 19.0. The smallest absolute Gasteiger partial charge is 0.333 e. The Kier molecular flexibility index (Phi) is 18.4. The van der Waals surface area contributed by atoms with Gasteiger partial charge in [0.2, 0.25) is 0 Å². The lowest BCUT2D eigenvalue weighted by molar-refractivity contribution is -0.139. The van der Waals surface area contributed by atoms with E-state index in [1.54, 1.807) is 6.92 Å². The van der Waals surface area contributed by atoms with Gasteiger partial charge in [-0.1, -0.05) is 117 Å². The van der Waals surface area contributed by atoms with E-state index >= 15 is 0 Å². The number of unbranched alkanes of at least 4 members (excludes halogenated alkanes) is 12. The molecule has 0 rings (SSSR count). The molecule has 0 aromatic rings. The zero-order valence-electron chi connectivity index (χ0n) is 18.1. The van der Waals surface area contributed by atoms with Crippen molar-refractivity contribution in [3.63, 3.8) is 0 Å². The quantitative estimate of drug-likeness (QED) is 0.131. The second-order valence-corrected chi connectivity index (χ2v) is 8.19. The topological polar surface area (TPSA) is 26.3 Å². The number of esters is 1. The zero-order valence-corrected chi connectivity index (χ0v) is 18.1. The standard InChI is InChI=1S/C24H46O2/c1-5-6-7-8-9-10-11-12-13-14-16-19-23(4)20-17-15-18-21-26-24(25)22(2)3/h23H,2,5-21H2,1,3-4H3. The Labute approximate surface area is 164 Å². The predicted octanol–water partition coefficient (Wildman–Crippen LogP) is 8.00. The highest BCUT2D eigenvalue weighted by atomic mass is 16.5. The van der Waals surface area contributed by atoms with Crippen LogP contribution in [0.2, 0.25) is 0 Å². The molecule has 0 aromatic carbocycles. The van der Waals surface area contributed by atoms with E-state index in [0.29, 0.717) is 12.2 Å². The van der Waals surface area contributed by atoms with Gasteiger partial charge in [0.1, 0.15) is 0 Å². The van der Waals surface area contributed by atoms with Crippen molar-refractivity contribution in [1.29, 1.82) is 0 Å². The molecule has 1 atom stereocenters. The third kappa shape index (κ3) is 18.0. The summed E-state index contributed by atoms with van der Waals surface area (Å²) in [5.41, 5.74) is 0.491. The highest BCUT2D eigenvalue weighted by Gasteiger charge is 2.04. The van der Waals surface area contributed by atoms with Crippen LogP contribution < -0.4 is 0 Å². The average Bonchev–Trinajstić information content (AvgIpc) is 2.62. The molecule has 0 fully saturated rings. The van der Waals surface area contributed by atoms with E-state index in [1.807, 2.05) is 0 Å². The van der Waals surface area contributed by atoms with Crippen LogP contribution in [0.25, 0.3) is 0 Å². The monoisotopic (exact) mass is 366 g/mol. The van der Waals surface area contributed by atoms with Gasteiger partial charge in [-0.05, 0) is 19.3 Å². The fourth-order valence-electron chi connectivity index (χ4n) is 3.36. The molecule has 0 saturated carbocycles. The Morgan fingerprint density at radius 3 is 1.65 bits per heavy atom. The van der Waals surface area contributed by atoms with Gasteiger partial charge in [0, 0.05) is 5.57 Å². The summed E-state index contributed by atoms with van der Waals surface area (Å²) in [6.45, 7) is 10.5. The van der Waals surface area contributed by atoms with E-state index in [0.717, 1.165) is 18.8 Å². The molecular weight excluding hydrogens is 320 g/mol. The van der Waals surface area contributed by atoms with Crippen LogP contribution in [-0.2, 0) is 9.53 Å². The van der Waals surface area contributed by atoms with Crippen molar-refractivity contribution in [2.45, 2.75) is 124 Å². The Morgan fingerprint density at radius 1 is 0.769 bits per heavy atom. The number of hydrogen-bond acceptors (Lipinski definition) is 2. The van der Waals surface area contributed by atoms with Gasteiger partial charge >= 0.3 is 5.97 Å². The summed E-state index contributed by atoms with van der Waals surface area (Å²) in [6, 6.07) is 0. The number of ether oxygens (including phenoxy) is 1.